The highest BCUT2D eigenvalue weighted by Crippen LogP contribution is 2.54. The van der Waals surface area contributed by atoms with Gasteiger partial charge in [0.25, 0.3) is 0 Å². The number of hydrogen-bond acceptors (Lipinski definition) is 0. The van der Waals surface area contributed by atoms with Crippen molar-refractivity contribution in [1.29, 1.82) is 0 Å². The van der Waals surface area contributed by atoms with E-state index in [0.29, 0.717) is 0 Å². The fraction of sp³-hybridized carbons (Fsp3) is 0. The van der Waals surface area contributed by atoms with E-state index >= 15 is 0 Å². The van der Waals surface area contributed by atoms with Gasteiger partial charge in [-0.2, -0.15) is 0 Å². The van der Waals surface area contributed by atoms with Crippen LogP contribution in [0.2, 0.25) is 0 Å². The van der Waals surface area contributed by atoms with E-state index < -0.39 is 11.6 Å². The van der Waals surface area contributed by atoms with E-state index in [2.05, 4.69) is 0 Å². The van der Waals surface area contributed by atoms with Crippen molar-refractivity contribution >= 4 is 11.6 Å². The van der Waals surface area contributed by atoms with Crippen LogP contribution in [0.1, 0.15) is 0 Å². The van der Waals surface area contributed by atoms with Gasteiger partial charge in [-0.25, -0.2) is 0 Å². The summed E-state index contributed by atoms with van der Waals surface area (Å²) < 4.78 is 39.1. The molecule has 0 radical (unpaired) electrons. The van der Waals surface area contributed by atoms with Crippen molar-refractivity contribution in [1.82, 2.24) is 0 Å². The molecular formula is F4S. The summed E-state index contributed by atoms with van der Waals surface area (Å²) >= 11 is -6.17. The molecule has 0 amide bonds. The molecule has 5 heteroatoms. The molecule has 0 aromatic heterocycles. The van der Waals surface area contributed by atoms with Gasteiger partial charge in [0.2, 0.25) is 0 Å². The van der Waals surface area contributed by atoms with Gasteiger partial charge in [-0.05, 0) is 0 Å². The maximum Gasteiger partial charge on any atom is 0.379 e. The molecule has 0 aliphatic heterocycles. The third-order valence-corrected chi connectivity index (χ3v) is 0. The lowest BCUT2D eigenvalue weighted by atomic mass is 18.7. The molecular weight excluding hydrogens is 108 g/mol. The van der Waals surface area contributed by atoms with Gasteiger partial charge in [-0.3, -0.25) is 0 Å². The van der Waals surface area contributed by atoms with Crippen LogP contribution >= 0.6 is 11.6 Å². The van der Waals surface area contributed by atoms with Crippen LogP contribution in [0.4, 0.5) is 15.5 Å². The zero-order chi connectivity index (χ0) is 4.50. The third kappa shape index (κ3) is 3560. The first-order valence-corrected chi connectivity index (χ1v) is 1.85. The Labute approximate surface area is 28.3 Å². The first-order valence-electron chi connectivity index (χ1n) is 0.617. The van der Waals surface area contributed by atoms with Gasteiger partial charge >= 0.3 is 11.6 Å². The highest BCUT2D eigenvalue weighted by Gasteiger charge is 2.16. The van der Waals surface area contributed by atoms with Crippen molar-refractivity contribution in [2.45, 2.75) is 0 Å². The van der Waals surface area contributed by atoms with Crippen LogP contribution in [0.15, 0.2) is 0 Å². The van der Waals surface area contributed by atoms with Crippen LogP contribution < -0.4 is 0 Å². The summed E-state index contributed by atoms with van der Waals surface area (Å²) in [6.45, 7) is 0. The minimum absolute atomic E-state index is 6.17. The zero-order valence-electron chi connectivity index (χ0n) is 1.92. The number of rotatable bonds is 0. The zero-order valence-corrected chi connectivity index (χ0v) is 2.74. The van der Waals surface area contributed by atoms with E-state index in [1.165, 1.54) is 0 Å². The Bertz CT molecular complexity index is 19.1. The molecule has 0 aromatic rings. The second-order valence-electron chi connectivity index (χ2n) is 0.350. The molecule has 0 heterocycles. The molecule has 0 fully saturated rings. The molecule has 34 valence electrons. The van der Waals surface area contributed by atoms with Crippen molar-refractivity contribution in [3.05, 3.63) is 0 Å². The van der Waals surface area contributed by atoms with Gasteiger partial charge in [0.1, 0.15) is 0 Å². The largest absolute Gasteiger partial charge is 0.379 e. The first-order chi connectivity index (χ1) is 2.00. The molecule has 0 bridgehead atoms. The van der Waals surface area contributed by atoms with Crippen LogP contribution in [0, 0.1) is 0 Å². The molecule has 0 saturated heterocycles. The average molecular weight is 108 g/mol. The molecule has 0 spiro atoms. The Morgan fingerprint density at radius 1 is 0.800 bits per heavy atom. The SMILES string of the molecule is FS(F)(F)F. The van der Waals surface area contributed by atoms with E-state index in [1.807, 2.05) is 0 Å². The third-order valence-electron chi connectivity index (χ3n) is 0. The van der Waals surface area contributed by atoms with E-state index in [1.54, 1.807) is 0 Å². The fourth-order valence-electron chi connectivity index (χ4n) is 0. The van der Waals surface area contributed by atoms with E-state index in [-0.39, 0.29) is 0 Å². The van der Waals surface area contributed by atoms with Gasteiger partial charge in [-0.1, -0.05) is 15.5 Å². The topological polar surface area (TPSA) is 0 Å². The van der Waals surface area contributed by atoms with Crippen LogP contribution in [0.3, 0.4) is 0 Å². The monoisotopic (exact) mass is 108 g/mol. The lowest BCUT2D eigenvalue weighted by Crippen LogP contribution is -1.47. The highest BCUT2D eigenvalue weighted by molar-refractivity contribution is 8.16. The Hall–Kier alpha value is 0.0700. The van der Waals surface area contributed by atoms with Gasteiger partial charge in [-0.15, -0.1) is 0 Å². The molecule has 0 rings (SSSR count). The summed E-state index contributed by atoms with van der Waals surface area (Å²) in [5.74, 6) is 0. The molecule has 0 nitrogen and oxygen atoms in total. The van der Waals surface area contributed by atoms with Crippen LogP contribution in [-0.2, 0) is 0 Å². The van der Waals surface area contributed by atoms with Gasteiger partial charge in [0, 0.05) is 0 Å². The summed E-state index contributed by atoms with van der Waals surface area (Å²) in [6.07, 6.45) is 0. The van der Waals surface area contributed by atoms with Gasteiger partial charge in [0.15, 0.2) is 0 Å². The first kappa shape index (κ1) is 5.07. The average Bonchev–Trinajstić information content (AvgIpc) is 0.722. The molecule has 0 aliphatic rings. The molecule has 5 heavy (non-hydrogen) atoms. The van der Waals surface area contributed by atoms with Crippen molar-refractivity contribution in [3.63, 3.8) is 0 Å². The summed E-state index contributed by atoms with van der Waals surface area (Å²) in [7, 11) is 0. The van der Waals surface area contributed by atoms with E-state index in [0.717, 1.165) is 0 Å². The maximum atomic E-state index is 9.77. The minimum Gasteiger partial charge on any atom is -0.0947 e. The standard InChI is InChI=1S/F4S/c1-5(2,3)4. The van der Waals surface area contributed by atoms with Crippen molar-refractivity contribution in [2.24, 2.45) is 0 Å². The van der Waals surface area contributed by atoms with Crippen molar-refractivity contribution in [2.75, 3.05) is 0 Å². The minimum atomic E-state index is -6.17. The Morgan fingerprint density at radius 2 is 0.800 bits per heavy atom. The molecule has 0 saturated carbocycles. The van der Waals surface area contributed by atoms with Crippen LogP contribution in [-0.4, -0.2) is 0 Å². The summed E-state index contributed by atoms with van der Waals surface area (Å²) in [5, 5.41) is 0. The molecule has 0 atom stereocenters. The molecule has 0 aliphatic carbocycles. The predicted octanol–water partition coefficient (Wildman–Crippen LogP) is 2.33. The molecule has 0 aromatic carbocycles. The molecule has 0 unspecified atom stereocenters. The molecule has 0 N–H and O–H groups in total. The maximum absolute atomic E-state index is 9.77. The summed E-state index contributed by atoms with van der Waals surface area (Å²) in [4.78, 5) is 0. The highest BCUT2D eigenvalue weighted by atomic mass is 32.4. The van der Waals surface area contributed by atoms with E-state index in [9.17, 15) is 15.5 Å². The Morgan fingerprint density at radius 3 is 0.800 bits per heavy atom. The number of hydrogen-bond donors (Lipinski definition) is 0. The lowest BCUT2D eigenvalue weighted by molar-refractivity contribution is 0.543. The Kier molecular flexibility index (Phi) is 1.06. The summed E-state index contributed by atoms with van der Waals surface area (Å²) in [5.41, 5.74) is 0. The second kappa shape index (κ2) is 1.04. The van der Waals surface area contributed by atoms with Crippen molar-refractivity contribution in [3.8, 4) is 0 Å². The smallest absolute Gasteiger partial charge is 0.0947 e. The summed E-state index contributed by atoms with van der Waals surface area (Å²) in [6, 6.07) is 0. The van der Waals surface area contributed by atoms with Crippen LogP contribution in [0.25, 0.3) is 0 Å². The Balaban J connectivity index is 3.02. The van der Waals surface area contributed by atoms with Crippen molar-refractivity contribution < 1.29 is 15.5 Å². The second-order valence-corrected chi connectivity index (χ2v) is 1.05. The van der Waals surface area contributed by atoms with E-state index in [4.69, 9.17) is 0 Å². The number of halogens is 4. The van der Waals surface area contributed by atoms with Gasteiger partial charge in [0.05, 0.1) is 0 Å². The normalized spacial score (nSPS) is 15.2. The fourth-order valence-corrected chi connectivity index (χ4v) is 0. The van der Waals surface area contributed by atoms with Crippen LogP contribution in [0.5, 0.6) is 0 Å². The van der Waals surface area contributed by atoms with Gasteiger partial charge < -0.3 is 0 Å². The quantitative estimate of drug-likeness (QED) is 0.418. The predicted molar refractivity (Wildman–Crippen MR) is 12.0 cm³/mol. The lowest BCUT2D eigenvalue weighted by Gasteiger charge is -1.87.